The van der Waals surface area contributed by atoms with E-state index in [-0.39, 0.29) is 23.6 Å². The van der Waals surface area contributed by atoms with Crippen LogP contribution in [0, 0.1) is 5.92 Å². The normalized spacial score (nSPS) is 25.4. The molecule has 0 radical (unpaired) electrons. The SMILES string of the molecule is O=C1CCCN1CCCN1C[C@@H](C(=O)N2CCCCCCC2)CCC1=O. The van der Waals surface area contributed by atoms with Crippen LogP contribution >= 0.6 is 0 Å². The van der Waals surface area contributed by atoms with Crippen LogP contribution in [0.5, 0.6) is 0 Å². The number of rotatable bonds is 5. The Bertz CT molecular complexity index is 514. The van der Waals surface area contributed by atoms with Crippen molar-refractivity contribution in [3.05, 3.63) is 0 Å². The van der Waals surface area contributed by atoms with Crippen molar-refractivity contribution in [2.45, 2.75) is 64.2 Å². The molecule has 26 heavy (non-hydrogen) atoms. The van der Waals surface area contributed by atoms with Gasteiger partial charge in [-0.3, -0.25) is 14.4 Å². The van der Waals surface area contributed by atoms with E-state index >= 15 is 0 Å². The molecule has 3 fully saturated rings. The Morgan fingerprint density at radius 2 is 1.46 bits per heavy atom. The van der Waals surface area contributed by atoms with E-state index in [1.165, 1.54) is 19.3 Å². The Morgan fingerprint density at radius 3 is 2.15 bits per heavy atom. The monoisotopic (exact) mass is 363 g/mol. The van der Waals surface area contributed by atoms with E-state index < -0.39 is 0 Å². The van der Waals surface area contributed by atoms with Gasteiger partial charge in [-0.2, -0.15) is 0 Å². The third-order valence-electron chi connectivity index (χ3n) is 6.04. The average molecular weight is 364 g/mol. The van der Waals surface area contributed by atoms with Crippen LogP contribution < -0.4 is 0 Å². The quantitative estimate of drug-likeness (QED) is 0.751. The highest BCUT2D eigenvalue weighted by Crippen LogP contribution is 2.22. The van der Waals surface area contributed by atoms with Gasteiger partial charge in [0.2, 0.25) is 17.7 Å². The standard InChI is InChI=1S/C20H33N3O3/c24-18-8-6-13-21(18)14-7-15-23-16-17(9-10-19(23)25)20(26)22-11-4-2-1-3-5-12-22/h17H,1-16H2/t17-/m0/s1. The van der Waals surface area contributed by atoms with Gasteiger partial charge in [0.15, 0.2) is 0 Å². The Kier molecular flexibility index (Phi) is 6.92. The summed E-state index contributed by atoms with van der Waals surface area (Å²) in [6.07, 6.45) is 9.51. The van der Waals surface area contributed by atoms with Crippen LogP contribution in [-0.2, 0) is 14.4 Å². The molecule has 6 heteroatoms. The van der Waals surface area contributed by atoms with Gasteiger partial charge in [-0.05, 0) is 32.1 Å². The van der Waals surface area contributed by atoms with Crippen molar-refractivity contribution in [3.8, 4) is 0 Å². The summed E-state index contributed by atoms with van der Waals surface area (Å²) < 4.78 is 0. The molecular weight excluding hydrogens is 330 g/mol. The van der Waals surface area contributed by atoms with E-state index in [0.717, 1.165) is 51.9 Å². The third-order valence-corrected chi connectivity index (χ3v) is 6.04. The summed E-state index contributed by atoms with van der Waals surface area (Å²) in [6.45, 7) is 4.55. The van der Waals surface area contributed by atoms with Gasteiger partial charge in [-0.1, -0.05) is 19.3 Å². The first-order valence-electron chi connectivity index (χ1n) is 10.5. The summed E-state index contributed by atoms with van der Waals surface area (Å²) in [5, 5.41) is 0. The largest absolute Gasteiger partial charge is 0.343 e. The molecule has 0 aromatic heterocycles. The van der Waals surface area contributed by atoms with Crippen LogP contribution in [0.4, 0.5) is 0 Å². The van der Waals surface area contributed by atoms with E-state index in [4.69, 9.17) is 0 Å². The maximum absolute atomic E-state index is 12.9. The van der Waals surface area contributed by atoms with Gasteiger partial charge in [-0.15, -0.1) is 0 Å². The fourth-order valence-corrected chi connectivity index (χ4v) is 4.45. The Balaban J connectivity index is 1.47. The number of piperidine rings is 1. The summed E-state index contributed by atoms with van der Waals surface area (Å²) in [7, 11) is 0. The molecular formula is C20H33N3O3. The zero-order valence-electron chi connectivity index (χ0n) is 16.0. The molecule has 3 amide bonds. The minimum atomic E-state index is -0.0412. The van der Waals surface area contributed by atoms with Crippen molar-refractivity contribution in [1.82, 2.24) is 14.7 Å². The number of nitrogens with zero attached hydrogens (tertiary/aromatic N) is 3. The van der Waals surface area contributed by atoms with E-state index in [1.54, 1.807) is 0 Å². The summed E-state index contributed by atoms with van der Waals surface area (Å²) in [5.74, 6) is 0.606. The van der Waals surface area contributed by atoms with E-state index in [9.17, 15) is 14.4 Å². The number of amides is 3. The molecule has 0 aromatic rings. The number of hydrogen-bond donors (Lipinski definition) is 0. The van der Waals surface area contributed by atoms with Crippen LogP contribution in [0.15, 0.2) is 0 Å². The molecule has 0 saturated carbocycles. The van der Waals surface area contributed by atoms with Crippen LogP contribution in [0.3, 0.4) is 0 Å². The van der Waals surface area contributed by atoms with Gasteiger partial charge in [0, 0.05) is 52.1 Å². The molecule has 3 rings (SSSR count). The molecule has 0 aliphatic carbocycles. The molecule has 3 aliphatic rings. The fraction of sp³-hybridized carbons (Fsp3) is 0.850. The fourth-order valence-electron chi connectivity index (χ4n) is 4.45. The number of hydrogen-bond acceptors (Lipinski definition) is 3. The molecule has 0 bridgehead atoms. The summed E-state index contributed by atoms with van der Waals surface area (Å²) in [4.78, 5) is 42.7. The first kappa shape index (κ1) is 19.2. The predicted octanol–water partition coefficient (Wildman–Crippen LogP) is 2.03. The van der Waals surface area contributed by atoms with Crippen molar-refractivity contribution in [3.63, 3.8) is 0 Å². The lowest BCUT2D eigenvalue weighted by Gasteiger charge is -2.35. The molecule has 3 saturated heterocycles. The van der Waals surface area contributed by atoms with E-state index in [2.05, 4.69) is 0 Å². The third kappa shape index (κ3) is 4.98. The van der Waals surface area contributed by atoms with Gasteiger partial charge in [0.25, 0.3) is 0 Å². The van der Waals surface area contributed by atoms with Gasteiger partial charge in [0.05, 0.1) is 5.92 Å². The van der Waals surface area contributed by atoms with Crippen molar-refractivity contribution in [2.75, 3.05) is 39.3 Å². The molecule has 0 aromatic carbocycles. The predicted molar refractivity (Wildman–Crippen MR) is 99.4 cm³/mol. The Labute approximate surface area is 156 Å². The minimum Gasteiger partial charge on any atom is -0.343 e. The lowest BCUT2D eigenvalue weighted by molar-refractivity contribution is -0.143. The molecule has 6 nitrogen and oxygen atoms in total. The number of carbonyl (C=O) groups is 3. The van der Waals surface area contributed by atoms with Gasteiger partial charge < -0.3 is 14.7 Å². The second kappa shape index (κ2) is 9.38. The highest BCUT2D eigenvalue weighted by molar-refractivity contribution is 5.84. The minimum absolute atomic E-state index is 0.0412. The average Bonchev–Trinajstić information content (AvgIpc) is 3.01. The first-order valence-corrected chi connectivity index (χ1v) is 10.5. The second-order valence-electron chi connectivity index (χ2n) is 8.01. The Hall–Kier alpha value is -1.59. The maximum Gasteiger partial charge on any atom is 0.227 e. The highest BCUT2D eigenvalue weighted by Gasteiger charge is 2.32. The first-order chi connectivity index (χ1) is 12.6. The summed E-state index contributed by atoms with van der Waals surface area (Å²) in [5.41, 5.74) is 0. The van der Waals surface area contributed by atoms with Crippen LogP contribution in [-0.4, -0.2) is 71.7 Å². The second-order valence-corrected chi connectivity index (χ2v) is 8.01. The van der Waals surface area contributed by atoms with Crippen molar-refractivity contribution >= 4 is 17.7 Å². The molecule has 146 valence electrons. The summed E-state index contributed by atoms with van der Waals surface area (Å²) >= 11 is 0. The molecule has 0 unspecified atom stereocenters. The molecule has 1 atom stereocenters. The zero-order chi connectivity index (χ0) is 18.4. The van der Waals surface area contributed by atoms with Gasteiger partial charge >= 0.3 is 0 Å². The maximum atomic E-state index is 12.9. The lowest BCUT2D eigenvalue weighted by Crippen LogP contribution is -2.48. The van der Waals surface area contributed by atoms with Gasteiger partial charge in [0.1, 0.15) is 0 Å². The van der Waals surface area contributed by atoms with Crippen molar-refractivity contribution < 1.29 is 14.4 Å². The van der Waals surface area contributed by atoms with Crippen molar-refractivity contribution in [2.24, 2.45) is 5.92 Å². The topological polar surface area (TPSA) is 60.9 Å². The van der Waals surface area contributed by atoms with Crippen LogP contribution in [0.25, 0.3) is 0 Å². The van der Waals surface area contributed by atoms with Crippen molar-refractivity contribution in [1.29, 1.82) is 0 Å². The highest BCUT2D eigenvalue weighted by atomic mass is 16.2. The van der Waals surface area contributed by atoms with Crippen LogP contribution in [0.2, 0.25) is 0 Å². The smallest absolute Gasteiger partial charge is 0.227 e. The molecule has 0 N–H and O–H groups in total. The molecule has 0 spiro atoms. The van der Waals surface area contributed by atoms with E-state index in [1.807, 2.05) is 14.7 Å². The zero-order valence-corrected chi connectivity index (χ0v) is 16.0. The number of carbonyl (C=O) groups excluding carboxylic acids is 3. The summed E-state index contributed by atoms with van der Waals surface area (Å²) in [6, 6.07) is 0. The van der Waals surface area contributed by atoms with E-state index in [0.29, 0.717) is 32.4 Å². The Morgan fingerprint density at radius 1 is 0.808 bits per heavy atom. The molecule has 3 heterocycles. The molecule has 3 aliphatic heterocycles. The lowest BCUT2D eigenvalue weighted by atomic mass is 9.95. The van der Waals surface area contributed by atoms with Crippen LogP contribution in [0.1, 0.15) is 64.2 Å². The van der Waals surface area contributed by atoms with Gasteiger partial charge in [-0.25, -0.2) is 0 Å². The number of likely N-dealkylation sites (tertiary alicyclic amines) is 3.